The van der Waals surface area contributed by atoms with Gasteiger partial charge in [-0.2, -0.15) is 0 Å². The lowest BCUT2D eigenvalue weighted by atomic mass is 9.86. The Hall–Kier alpha value is -1.17. The third kappa shape index (κ3) is 9.54. The monoisotopic (exact) mass is 382 g/mol. The summed E-state index contributed by atoms with van der Waals surface area (Å²) < 4.78 is 5.86. The van der Waals surface area contributed by atoms with Gasteiger partial charge >= 0.3 is 5.97 Å². The van der Waals surface area contributed by atoms with Crippen LogP contribution in [0.4, 0.5) is 0 Å². The first-order valence-electron chi connectivity index (χ1n) is 10.5. The highest BCUT2D eigenvalue weighted by atomic mass is 16.5. The fourth-order valence-electron chi connectivity index (χ4n) is 3.77. The van der Waals surface area contributed by atoms with Crippen LogP contribution in [-0.4, -0.2) is 46.2 Å². The number of carbonyl (C=O) groups is 1. The maximum absolute atomic E-state index is 11.2. The summed E-state index contributed by atoms with van der Waals surface area (Å²) in [5.41, 5.74) is -0.781. The fourth-order valence-corrected chi connectivity index (χ4v) is 3.77. The average Bonchev–Trinajstić information content (AvgIpc) is 2.94. The first-order chi connectivity index (χ1) is 13.0. The molecule has 0 saturated heterocycles. The number of rotatable bonds is 15. The molecule has 156 valence electrons. The summed E-state index contributed by atoms with van der Waals surface area (Å²) in [6.07, 6.45) is 17.2. The average molecular weight is 383 g/mol. The molecule has 1 aliphatic rings. The van der Waals surface area contributed by atoms with Crippen molar-refractivity contribution in [3.05, 3.63) is 24.3 Å². The number of hydrogen-bond acceptors (Lipinski definition) is 4. The third-order valence-electron chi connectivity index (χ3n) is 5.29. The van der Waals surface area contributed by atoms with Crippen LogP contribution >= 0.6 is 0 Å². The molecule has 1 aliphatic carbocycles. The first-order valence-corrected chi connectivity index (χ1v) is 10.5. The second-order valence-electron chi connectivity index (χ2n) is 7.48. The Morgan fingerprint density at radius 3 is 2.56 bits per heavy atom. The van der Waals surface area contributed by atoms with Crippen molar-refractivity contribution in [2.75, 3.05) is 13.2 Å². The maximum Gasteiger partial charge on any atom is 0.303 e. The molecule has 0 aliphatic heterocycles. The maximum atomic E-state index is 11.2. The summed E-state index contributed by atoms with van der Waals surface area (Å²) in [4.78, 5) is 10.5. The summed E-state index contributed by atoms with van der Waals surface area (Å²) in [5.74, 6) is -0.766. The second kappa shape index (κ2) is 13.9. The van der Waals surface area contributed by atoms with E-state index in [1.165, 1.54) is 0 Å². The van der Waals surface area contributed by atoms with E-state index in [0.717, 1.165) is 51.4 Å². The van der Waals surface area contributed by atoms with E-state index in [9.17, 15) is 9.90 Å². The van der Waals surface area contributed by atoms with Gasteiger partial charge in [0.1, 0.15) is 0 Å². The highest BCUT2D eigenvalue weighted by molar-refractivity contribution is 5.66. The molecule has 0 bridgehead atoms. The zero-order valence-corrected chi connectivity index (χ0v) is 16.8. The number of carboxylic acid groups (broad SMARTS) is 1. The molecule has 0 aromatic heterocycles. The van der Waals surface area contributed by atoms with Gasteiger partial charge in [0.2, 0.25) is 0 Å². The Morgan fingerprint density at radius 1 is 1.11 bits per heavy atom. The number of aliphatic carboxylic acids is 1. The standard InChI is InChI=1S/C22H38O5/c1-2-27-20-15-17-22(26,16-11-7-6-10-14-21(24)25)19(20)13-9-5-3-4-8-12-18-23/h7,9,11,13,19-20,23,26H,2-6,8,10,12,14-18H2,1H3,(H,24,25)/t19-,20+,22?/m1/s1. The Bertz CT molecular complexity index is 460. The van der Waals surface area contributed by atoms with Crippen molar-refractivity contribution in [2.45, 2.75) is 89.3 Å². The molecule has 1 fully saturated rings. The molecule has 1 saturated carbocycles. The van der Waals surface area contributed by atoms with Gasteiger partial charge in [-0.3, -0.25) is 4.79 Å². The van der Waals surface area contributed by atoms with Gasteiger partial charge in [0, 0.05) is 25.6 Å². The van der Waals surface area contributed by atoms with Crippen LogP contribution in [0.5, 0.6) is 0 Å². The largest absolute Gasteiger partial charge is 0.481 e. The van der Waals surface area contributed by atoms with Crippen LogP contribution < -0.4 is 0 Å². The lowest BCUT2D eigenvalue weighted by molar-refractivity contribution is -0.137. The number of aliphatic hydroxyl groups is 2. The van der Waals surface area contributed by atoms with E-state index in [1.54, 1.807) is 0 Å². The molecule has 0 amide bonds. The molecular formula is C22H38O5. The van der Waals surface area contributed by atoms with Gasteiger partial charge in [-0.1, -0.05) is 37.1 Å². The number of allylic oxidation sites excluding steroid dienone is 2. The van der Waals surface area contributed by atoms with Gasteiger partial charge in [-0.05, 0) is 58.3 Å². The number of hydrogen-bond donors (Lipinski definition) is 3. The Morgan fingerprint density at radius 2 is 1.85 bits per heavy atom. The number of unbranched alkanes of at least 4 members (excludes halogenated alkanes) is 5. The SMILES string of the molecule is CCO[C@H]1CCC(O)(CC=CCCCC(=O)O)[C@@H]1C=CCCCCCCO. The van der Waals surface area contributed by atoms with Crippen molar-refractivity contribution in [3.63, 3.8) is 0 Å². The van der Waals surface area contributed by atoms with Crippen LogP contribution in [0.2, 0.25) is 0 Å². The van der Waals surface area contributed by atoms with Gasteiger partial charge in [-0.15, -0.1) is 0 Å². The minimum atomic E-state index is -0.781. The smallest absolute Gasteiger partial charge is 0.303 e. The molecule has 1 unspecified atom stereocenters. The second-order valence-corrected chi connectivity index (χ2v) is 7.48. The van der Waals surface area contributed by atoms with Crippen molar-refractivity contribution in [3.8, 4) is 0 Å². The van der Waals surface area contributed by atoms with E-state index in [0.29, 0.717) is 19.4 Å². The van der Waals surface area contributed by atoms with Crippen LogP contribution in [0, 0.1) is 5.92 Å². The summed E-state index contributed by atoms with van der Waals surface area (Å²) >= 11 is 0. The molecule has 3 atom stereocenters. The third-order valence-corrected chi connectivity index (χ3v) is 5.29. The van der Waals surface area contributed by atoms with E-state index in [2.05, 4.69) is 12.2 Å². The van der Waals surface area contributed by atoms with Crippen LogP contribution in [0.3, 0.4) is 0 Å². The molecule has 0 heterocycles. The number of ether oxygens (including phenoxy) is 1. The van der Waals surface area contributed by atoms with Crippen molar-refractivity contribution in [1.82, 2.24) is 0 Å². The van der Waals surface area contributed by atoms with E-state index in [-0.39, 0.29) is 25.0 Å². The minimum Gasteiger partial charge on any atom is -0.481 e. The van der Waals surface area contributed by atoms with Crippen LogP contribution in [0.25, 0.3) is 0 Å². The van der Waals surface area contributed by atoms with Crippen molar-refractivity contribution >= 4 is 5.97 Å². The molecular weight excluding hydrogens is 344 g/mol. The van der Waals surface area contributed by atoms with Gasteiger partial charge in [0.25, 0.3) is 0 Å². The molecule has 5 nitrogen and oxygen atoms in total. The quantitative estimate of drug-likeness (QED) is 0.291. The van der Waals surface area contributed by atoms with Crippen molar-refractivity contribution < 1.29 is 24.9 Å². The van der Waals surface area contributed by atoms with Crippen molar-refractivity contribution in [2.24, 2.45) is 5.92 Å². The number of carboxylic acids is 1. The van der Waals surface area contributed by atoms with E-state index < -0.39 is 11.6 Å². The molecule has 27 heavy (non-hydrogen) atoms. The Balaban J connectivity index is 2.50. The molecule has 5 heteroatoms. The first kappa shape index (κ1) is 23.9. The molecule has 0 spiro atoms. The molecule has 3 N–H and O–H groups in total. The molecule has 0 radical (unpaired) electrons. The van der Waals surface area contributed by atoms with Gasteiger partial charge < -0.3 is 20.1 Å². The topological polar surface area (TPSA) is 87.0 Å². The summed E-state index contributed by atoms with van der Waals surface area (Å²) in [6.45, 7) is 2.91. The number of aliphatic hydroxyl groups excluding tert-OH is 1. The lowest BCUT2D eigenvalue weighted by Crippen LogP contribution is -2.36. The lowest BCUT2D eigenvalue weighted by Gasteiger charge is -2.29. The normalized spacial score (nSPS) is 25.7. The fraction of sp³-hybridized carbons (Fsp3) is 0.773. The van der Waals surface area contributed by atoms with E-state index in [1.807, 2.05) is 19.1 Å². The van der Waals surface area contributed by atoms with Crippen LogP contribution in [-0.2, 0) is 9.53 Å². The minimum absolute atomic E-state index is 0.00133. The van der Waals surface area contributed by atoms with Crippen molar-refractivity contribution in [1.29, 1.82) is 0 Å². The highest BCUT2D eigenvalue weighted by Gasteiger charge is 2.45. The zero-order valence-electron chi connectivity index (χ0n) is 16.8. The predicted octanol–water partition coefficient (Wildman–Crippen LogP) is 4.23. The summed E-state index contributed by atoms with van der Waals surface area (Å²) in [6, 6.07) is 0. The van der Waals surface area contributed by atoms with Gasteiger partial charge in [0.05, 0.1) is 11.7 Å². The van der Waals surface area contributed by atoms with Gasteiger partial charge in [-0.25, -0.2) is 0 Å². The Labute approximate surface area is 164 Å². The molecule has 0 aromatic rings. The molecule has 0 aromatic carbocycles. The van der Waals surface area contributed by atoms with Crippen LogP contribution in [0.1, 0.15) is 77.6 Å². The Kier molecular flexibility index (Phi) is 12.3. The zero-order chi connectivity index (χ0) is 20.0. The summed E-state index contributed by atoms with van der Waals surface area (Å²) in [7, 11) is 0. The van der Waals surface area contributed by atoms with Crippen LogP contribution in [0.15, 0.2) is 24.3 Å². The van der Waals surface area contributed by atoms with E-state index >= 15 is 0 Å². The van der Waals surface area contributed by atoms with Gasteiger partial charge in [0.15, 0.2) is 0 Å². The predicted molar refractivity (Wildman–Crippen MR) is 108 cm³/mol. The molecule has 1 rings (SSSR count). The highest BCUT2D eigenvalue weighted by Crippen LogP contribution is 2.41. The van der Waals surface area contributed by atoms with E-state index in [4.69, 9.17) is 14.9 Å². The summed E-state index contributed by atoms with van der Waals surface area (Å²) in [5, 5.41) is 28.6.